The number of fused-ring (bicyclic) bond motifs is 1. The van der Waals surface area contributed by atoms with Gasteiger partial charge in [-0.15, -0.1) is 10.2 Å². The fourth-order valence-electron chi connectivity index (χ4n) is 1.57. The summed E-state index contributed by atoms with van der Waals surface area (Å²) in [6.07, 6.45) is 0.714. The van der Waals surface area contributed by atoms with Crippen LogP contribution in [0.25, 0.3) is 10.9 Å². The average Bonchev–Trinajstić information content (AvgIpc) is 2.38. The van der Waals surface area contributed by atoms with Crippen LogP contribution in [-0.4, -0.2) is 27.4 Å². The van der Waals surface area contributed by atoms with E-state index in [-0.39, 0.29) is 11.8 Å². The lowest BCUT2D eigenvalue weighted by molar-refractivity contribution is 0.0681. The highest BCUT2D eigenvalue weighted by atomic mass is 16.5. The van der Waals surface area contributed by atoms with E-state index < -0.39 is 5.97 Å². The van der Waals surface area contributed by atoms with Gasteiger partial charge in [-0.1, -0.05) is 19.1 Å². The topological polar surface area (TPSA) is 72.3 Å². The van der Waals surface area contributed by atoms with Crippen molar-refractivity contribution in [2.24, 2.45) is 0 Å². The van der Waals surface area contributed by atoms with Crippen LogP contribution >= 0.6 is 0 Å². The molecule has 94 valence electrons. The number of carboxylic acids is 1. The van der Waals surface area contributed by atoms with Gasteiger partial charge in [0.1, 0.15) is 0 Å². The maximum atomic E-state index is 11.2. The van der Waals surface area contributed by atoms with Crippen molar-refractivity contribution in [3.05, 3.63) is 30.0 Å². The minimum atomic E-state index is -1.13. The first kappa shape index (κ1) is 12.3. The van der Waals surface area contributed by atoms with Gasteiger partial charge in [0.25, 0.3) is 0 Å². The molecule has 5 nitrogen and oxygen atoms in total. The Morgan fingerprint density at radius 3 is 2.78 bits per heavy atom. The first-order valence-corrected chi connectivity index (χ1v) is 5.78. The third-order valence-corrected chi connectivity index (χ3v) is 2.72. The number of carboxylic acid groups (broad SMARTS) is 1. The monoisotopic (exact) mass is 246 g/mol. The molecule has 0 bridgehead atoms. The summed E-state index contributed by atoms with van der Waals surface area (Å²) in [4.78, 5) is 11.2. The van der Waals surface area contributed by atoms with Gasteiger partial charge in [-0.05, 0) is 25.5 Å². The summed E-state index contributed by atoms with van der Waals surface area (Å²) in [5.74, 6) is -0.839. The summed E-state index contributed by atoms with van der Waals surface area (Å²) >= 11 is 0. The zero-order valence-electron chi connectivity index (χ0n) is 10.3. The number of rotatable bonds is 4. The van der Waals surface area contributed by atoms with Crippen molar-refractivity contribution >= 4 is 16.9 Å². The Hall–Kier alpha value is -2.17. The van der Waals surface area contributed by atoms with Crippen molar-refractivity contribution in [2.75, 3.05) is 0 Å². The molecule has 5 heteroatoms. The summed E-state index contributed by atoms with van der Waals surface area (Å²) in [6, 6.07) is 7.20. The van der Waals surface area contributed by atoms with Crippen LogP contribution < -0.4 is 4.74 Å². The van der Waals surface area contributed by atoms with Crippen molar-refractivity contribution in [3.8, 4) is 5.75 Å². The molecule has 1 heterocycles. The third-order valence-electron chi connectivity index (χ3n) is 2.72. The second kappa shape index (κ2) is 5.00. The molecular weight excluding hydrogens is 232 g/mol. The lowest BCUT2D eigenvalue weighted by atomic mass is 10.2. The SMILES string of the molecule is CCC(C)Oc1c(C(=O)O)nnc2ccccc12. The molecule has 0 aliphatic rings. The summed E-state index contributed by atoms with van der Waals surface area (Å²) in [5, 5.41) is 17.4. The molecule has 0 amide bonds. The van der Waals surface area contributed by atoms with Gasteiger partial charge < -0.3 is 9.84 Å². The van der Waals surface area contributed by atoms with E-state index in [2.05, 4.69) is 10.2 Å². The van der Waals surface area contributed by atoms with E-state index in [9.17, 15) is 4.79 Å². The molecule has 0 saturated heterocycles. The number of benzene rings is 1. The molecule has 2 rings (SSSR count). The van der Waals surface area contributed by atoms with E-state index in [0.29, 0.717) is 16.7 Å². The Morgan fingerprint density at radius 2 is 2.11 bits per heavy atom. The first-order chi connectivity index (χ1) is 8.63. The van der Waals surface area contributed by atoms with Crippen molar-refractivity contribution in [1.29, 1.82) is 0 Å². The highest BCUT2D eigenvalue weighted by Crippen LogP contribution is 2.28. The zero-order chi connectivity index (χ0) is 13.1. The Bertz CT molecular complexity index is 583. The number of carbonyl (C=O) groups is 1. The minimum absolute atomic E-state index is 0.0734. The van der Waals surface area contributed by atoms with Crippen LogP contribution in [-0.2, 0) is 0 Å². The standard InChI is InChI=1S/C13H14N2O3/c1-3-8(2)18-12-9-6-4-5-7-10(9)14-15-11(12)13(16)17/h4-8H,3H2,1-2H3,(H,16,17). The van der Waals surface area contributed by atoms with E-state index in [4.69, 9.17) is 9.84 Å². The fourth-order valence-corrected chi connectivity index (χ4v) is 1.57. The van der Waals surface area contributed by atoms with Crippen LogP contribution in [0.3, 0.4) is 0 Å². The van der Waals surface area contributed by atoms with Crippen LogP contribution in [0.1, 0.15) is 30.8 Å². The fraction of sp³-hybridized carbons (Fsp3) is 0.308. The van der Waals surface area contributed by atoms with Crippen LogP contribution in [0.5, 0.6) is 5.75 Å². The lowest BCUT2D eigenvalue weighted by Crippen LogP contribution is -2.15. The molecule has 1 unspecified atom stereocenters. The van der Waals surface area contributed by atoms with Gasteiger partial charge in [0.2, 0.25) is 5.69 Å². The van der Waals surface area contributed by atoms with Crippen molar-refractivity contribution in [2.45, 2.75) is 26.4 Å². The first-order valence-electron chi connectivity index (χ1n) is 5.78. The molecule has 18 heavy (non-hydrogen) atoms. The molecule has 1 aromatic carbocycles. The Kier molecular flexibility index (Phi) is 3.41. The van der Waals surface area contributed by atoms with Crippen LogP contribution in [0, 0.1) is 0 Å². The number of hydrogen-bond acceptors (Lipinski definition) is 4. The largest absolute Gasteiger partial charge is 0.487 e. The molecule has 2 aromatic rings. The van der Waals surface area contributed by atoms with Gasteiger partial charge >= 0.3 is 5.97 Å². The maximum absolute atomic E-state index is 11.2. The molecule has 1 aromatic heterocycles. The molecule has 0 saturated carbocycles. The van der Waals surface area contributed by atoms with Crippen molar-refractivity contribution < 1.29 is 14.6 Å². The molecule has 1 N–H and O–H groups in total. The molecule has 0 spiro atoms. The van der Waals surface area contributed by atoms with Gasteiger partial charge in [0.05, 0.1) is 11.6 Å². The van der Waals surface area contributed by atoms with Crippen LogP contribution in [0.15, 0.2) is 24.3 Å². The number of aromatic carboxylic acids is 1. The summed E-state index contributed by atoms with van der Waals surface area (Å²) in [6.45, 7) is 3.86. The second-order valence-corrected chi connectivity index (χ2v) is 4.04. The lowest BCUT2D eigenvalue weighted by Gasteiger charge is -2.15. The van der Waals surface area contributed by atoms with E-state index >= 15 is 0 Å². The molecular formula is C13H14N2O3. The number of hydrogen-bond donors (Lipinski definition) is 1. The predicted octanol–water partition coefficient (Wildman–Crippen LogP) is 2.51. The van der Waals surface area contributed by atoms with Crippen molar-refractivity contribution in [3.63, 3.8) is 0 Å². The Morgan fingerprint density at radius 1 is 1.39 bits per heavy atom. The van der Waals surface area contributed by atoms with Gasteiger partial charge in [-0.2, -0.15) is 0 Å². The average molecular weight is 246 g/mol. The zero-order valence-corrected chi connectivity index (χ0v) is 10.3. The molecule has 1 atom stereocenters. The number of nitrogens with zero attached hydrogens (tertiary/aromatic N) is 2. The maximum Gasteiger partial charge on any atom is 0.360 e. The van der Waals surface area contributed by atoms with Gasteiger partial charge in [0, 0.05) is 5.39 Å². The van der Waals surface area contributed by atoms with Crippen LogP contribution in [0.2, 0.25) is 0 Å². The third kappa shape index (κ3) is 2.25. The van der Waals surface area contributed by atoms with E-state index in [1.807, 2.05) is 26.0 Å². The summed E-state index contributed by atoms with van der Waals surface area (Å²) in [7, 11) is 0. The Balaban J connectivity index is 2.62. The summed E-state index contributed by atoms with van der Waals surface area (Å²) in [5.41, 5.74) is 0.481. The molecule has 0 radical (unpaired) electrons. The normalized spacial score (nSPS) is 12.3. The van der Waals surface area contributed by atoms with E-state index in [0.717, 1.165) is 6.42 Å². The van der Waals surface area contributed by atoms with E-state index in [1.165, 1.54) is 0 Å². The second-order valence-electron chi connectivity index (χ2n) is 4.04. The number of ether oxygens (including phenoxy) is 1. The molecule has 0 fully saturated rings. The Labute approximate surface area is 104 Å². The highest BCUT2D eigenvalue weighted by molar-refractivity contribution is 5.96. The summed E-state index contributed by atoms with van der Waals surface area (Å²) < 4.78 is 5.69. The minimum Gasteiger partial charge on any atom is -0.487 e. The van der Waals surface area contributed by atoms with E-state index in [1.54, 1.807) is 12.1 Å². The van der Waals surface area contributed by atoms with Gasteiger partial charge in [-0.3, -0.25) is 0 Å². The van der Waals surface area contributed by atoms with Crippen molar-refractivity contribution in [1.82, 2.24) is 10.2 Å². The highest BCUT2D eigenvalue weighted by Gasteiger charge is 2.19. The quantitative estimate of drug-likeness (QED) is 0.897. The van der Waals surface area contributed by atoms with Gasteiger partial charge in [0.15, 0.2) is 5.75 Å². The smallest absolute Gasteiger partial charge is 0.360 e. The number of aromatic nitrogens is 2. The van der Waals surface area contributed by atoms with Crippen LogP contribution in [0.4, 0.5) is 0 Å². The van der Waals surface area contributed by atoms with Gasteiger partial charge in [-0.25, -0.2) is 4.79 Å². The molecule has 0 aliphatic heterocycles. The predicted molar refractivity (Wildman–Crippen MR) is 66.9 cm³/mol. The molecule has 0 aliphatic carbocycles.